The number of nitrogens with zero attached hydrogens (tertiary/aromatic N) is 5. The maximum absolute atomic E-state index is 14.7. The summed E-state index contributed by atoms with van der Waals surface area (Å²) < 4.78 is 45.5. The van der Waals surface area contributed by atoms with Gasteiger partial charge in [-0.3, -0.25) is 19.3 Å². The van der Waals surface area contributed by atoms with E-state index in [0.717, 1.165) is 46.8 Å². The summed E-state index contributed by atoms with van der Waals surface area (Å²) in [6, 6.07) is 29.4. The molecule has 0 aliphatic carbocycles. The van der Waals surface area contributed by atoms with Gasteiger partial charge in [-0.25, -0.2) is 0 Å². The van der Waals surface area contributed by atoms with Crippen LogP contribution in [0.3, 0.4) is 0 Å². The molecule has 0 aromatic heterocycles. The number of carbonyl (C=O) groups excluding carboxylic acids is 3. The van der Waals surface area contributed by atoms with E-state index in [1.54, 1.807) is 11.8 Å². The van der Waals surface area contributed by atoms with Crippen molar-refractivity contribution in [2.45, 2.75) is 58.6 Å². The van der Waals surface area contributed by atoms with Crippen LogP contribution in [0.25, 0.3) is 6.08 Å². The molecular formula is C46H52F3N5O4. The Bertz CT molecular complexity index is 1990. The molecule has 4 aromatic rings. The third kappa shape index (κ3) is 11.5. The van der Waals surface area contributed by atoms with Crippen LogP contribution in [-0.2, 0) is 40.1 Å². The molecule has 1 atom stereocenters. The normalized spacial score (nSPS) is 15.8. The number of halogens is 3. The second kappa shape index (κ2) is 19.2. The first-order valence-electron chi connectivity index (χ1n) is 19.9. The molecule has 4 aromatic carbocycles. The number of rotatable bonds is 13. The number of ether oxygens (including phenoxy) is 1. The molecule has 12 heteroatoms. The average molecular weight is 796 g/mol. The van der Waals surface area contributed by atoms with Crippen LogP contribution in [0.4, 0.5) is 18.9 Å². The molecule has 2 heterocycles. The number of hydrogen-bond donors (Lipinski definition) is 0. The Kier molecular flexibility index (Phi) is 13.9. The predicted molar refractivity (Wildman–Crippen MR) is 220 cm³/mol. The number of anilines is 1. The summed E-state index contributed by atoms with van der Waals surface area (Å²) in [7, 11) is 0. The maximum atomic E-state index is 14.7. The SMILES string of the molecule is CC(=O)N1CCN(c2ccc(CN(C(=O)/C=C/c3ccc(C(F)(F)F)cc3)[C@@H](Cc3ccccc3)C(=O)N3CCN(Cc4ccc(OC(C)C)cc4)CC3)cc2)CC1. The monoisotopic (exact) mass is 795 g/mol. The minimum atomic E-state index is -4.47. The lowest BCUT2D eigenvalue weighted by Crippen LogP contribution is -2.56. The van der Waals surface area contributed by atoms with Crippen LogP contribution in [0.15, 0.2) is 109 Å². The minimum absolute atomic E-state index is 0.0623. The van der Waals surface area contributed by atoms with E-state index < -0.39 is 23.7 Å². The first-order chi connectivity index (χ1) is 27.8. The Morgan fingerprint density at radius 1 is 0.724 bits per heavy atom. The van der Waals surface area contributed by atoms with Gasteiger partial charge in [0.2, 0.25) is 17.7 Å². The van der Waals surface area contributed by atoms with Crippen LogP contribution < -0.4 is 9.64 Å². The second-order valence-corrected chi connectivity index (χ2v) is 15.2. The Morgan fingerprint density at radius 3 is 1.91 bits per heavy atom. The van der Waals surface area contributed by atoms with Crippen LogP contribution in [0, 0.1) is 0 Å². The second-order valence-electron chi connectivity index (χ2n) is 15.2. The molecule has 6 rings (SSSR count). The highest BCUT2D eigenvalue weighted by molar-refractivity contribution is 5.96. The summed E-state index contributed by atoms with van der Waals surface area (Å²) in [4.78, 5) is 50.7. The van der Waals surface area contributed by atoms with Gasteiger partial charge >= 0.3 is 6.18 Å². The van der Waals surface area contributed by atoms with Crippen LogP contribution in [-0.4, -0.2) is 102 Å². The van der Waals surface area contributed by atoms with E-state index in [1.165, 1.54) is 24.3 Å². The fourth-order valence-electron chi connectivity index (χ4n) is 7.39. The predicted octanol–water partition coefficient (Wildman–Crippen LogP) is 7.16. The van der Waals surface area contributed by atoms with Crippen molar-refractivity contribution in [3.05, 3.63) is 137 Å². The van der Waals surface area contributed by atoms with Crippen molar-refractivity contribution >= 4 is 29.5 Å². The highest BCUT2D eigenvalue weighted by atomic mass is 19.4. The third-order valence-corrected chi connectivity index (χ3v) is 10.6. The molecule has 9 nitrogen and oxygen atoms in total. The van der Waals surface area contributed by atoms with E-state index in [4.69, 9.17) is 4.74 Å². The molecule has 2 aliphatic rings. The lowest BCUT2D eigenvalue weighted by molar-refractivity contribution is -0.145. The smallest absolute Gasteiger partial charge is 0.416 e. The Morgan fingerprint density at radius 2 is 1.33 bits per heavy atom. The van der Waals surface area contributed by atoms with E-state index >= 15 is 0 Å². The highest BCUT2D eigenvalue weighted by Crippen LogP contribution is 2.29. The lowest BCUT2D eigenvalue weighted by Gasteiger charge is -2.39. The fraction of sp³-hybridized carbons (Fsp3) is 0.370. The van der Waals surface area contributed by atoms with Gasteiger partial charge in [0.25, 0.3) is 0 Å². The molecule has 0 radical (unpaired) electrons. The minimum Gasteiger partial charge on any atom is -0.491 e. The van der Waals surface area contributed by atoms with Crippen LogP contribution in [0.1, 0.15) is 48.6 Å². The largest absolute Gasteiger partial charge is 0.491 e. The summed E-state index contributed by atoms with van der Waals surface area (Å²) >= 11 is 0. The summed E-state index contributed by atoms with van der Waals surface area (Å²) in [6.07, 6.45) is -1.27. The molecule has 0 unspecified atom stereocenters. The van der Waals surface area contributed by atoms with E-state index in [0.29, 0.717) is 57.9 Å². The molecule has 2 saturated heterocycles. The highest BCUT2D eigenvalue weighted by Gasteiger charge is 2.34. The number of piperazine rings is 2. The zero-order valence-electron chi connectivity index (χ0n) is 33.4. The summed E-state index contributed by atoms with van der Waals surface area (Å²) in [5.74, 6) is 0.302. The Balaban J connectivity index is 1.23. The number of amides is 3. The van der Waals surface area contributed by atoms with Gasteiger partial charge in [0, 0.05) is 90.6 Å². The maximum Gasteiger partial charge on any atom is 0.416 e. The molecule has 2 aliphatic heterocycles. The fourth-order valence-corrected chi connectivity index (χ4v) is 7.39. The molecule has 0 bridgehead atoms. The average Bonchev–Trinajstić information content (AvgIpc) is 3.22. The van der Waals surface area contributed by atoms with E-state index in [2.05, 4.69) is 21.9 Å². The van der Waals surface area contributed by atoms with Crippen molar-refractivity contribution in [1.82, 2.24) is 19.6 Å². The van der Waals surface area contributed by atoms with Crippen molar-refractivity contribution in [2.75, 3.05) is 57.3 Å². The summed E-state index contributed by atoms with van der Waals surface area (Å²) in [5, 5.41) is 0. The number of carbonyl (C=O) groups is 3. The van der Waals surface area contributed by atoms with Crippen molar-refractivity contribution in [3.63, 3.8) is 0 Å². The van der Waals surface area contributed by atoms with Crippen LogP contribution >= 0.6 is 0 Å². The topological polar surface area (TPSA) is 76.6 Å². The van der Waals surface area contributed by atoms with Gasteiger partial charge in [0.15, 0.2) is 0 Å². The number of hydrogen-bond acceptors (Lipinski definition) is 6. The van der Waals surface area contributed by atoms with Gasteiger partial charge in [-0.2, -0.15) is 13.2 Å². The van der Waals surface area contributed by atoms with Gasteiger partial charge in [0.1, 0.15) is 11.8 Å². The van der Waals surface area contributed by atoms with Crippen LogP contribution in [0.2, 0.25) is 0 Å². The molecule has 306 valence electrons. The molecular weight excluding hydrogens is 744 g/mol. The first-order valence-corrected chi connectivity index (χ1v) is 19.9. The van der Waals surface area contributed by atoms with Crippen molar-refractivity contribution in [1.29, 1.82) is 0 Å². The molecule has 0 N–H and O–H groups in total. The van der Waals surface area contributed by atoms with Gasteiger partial charge in [0.05, 0.1) is 11.7 Å². The van der Waals surface area contributed by atoms with E-state index in [9.17, 15) is 27.6 Å². The van der Waals surface area contributed by atoms with Gasteiger partial charge in [-0.15, -0.1) is 0 Å². The zero-order valence-corrected chi connectivity index (χ0v) is 33.4. The standard InChI is InChI=1S/C46H52F3N5O4/c1-34(2)58-42-20-13-38(14-21-42)32-50-23-25-53(26-24-50)45(57)43(31-37-7-5-4-6-8-37)54(44(56)22-15-36-9-16-40(17-10-36)46(47,48)49)33-39-11-18-41(19-12-39)52-29-27-51(28-30-52)35(3)55/h4-22,34,43H,23-33H2,1-3H3/b22-15+/t43-/m0/s1. The molecule has 0 saturated carbocycles. The number of benzene rings is 4. The quantitative estimate of drug-likeness (QED) is 0.134. The van der Waals surface area contributed by atoms with Crippen molar-refractivity contribution in [2.24, 2.45) is 0 Å². The van der Waals surface area contributed by atoms with Crippen molar-refractivity contribution < 1.29 is 32.3 Å². The van der Waals surface area contributed by atoms with E-state index in [-0.39, 0.29) is 30.9 Å². The summed E-state index contributed by atoms with van der Waals surface area (Å²) in [6.45, 7) is 11.5. The Labute approximate surface area is 339 Å². The van der Waals surface area contributed by atoms with E-state index in [1.807, 2.05) is 90.4 Å². The molecule has 3 amide bonds. The molecule has 58 heavy (non-hydrogen) atoms. The number of alkyl halides is 3. The zero-order chi connectivity index (χ0) is 41.2. The van der Waals surface area contributed by atoms with Crippen molar-refractivity contribution in [3.8, 4) is 5.75 Å². The molecule has 2 fully saturated rings. The van der Waals surface area contributed by atoms with Gasteiger partial charge in [-0.05, 0) is 78.6 Å². The first kappa shape index (κ1) is 42.0. The van der Waals surface area contributed by atoms with Gasteiger partial charge in [-0.1, -0.05) is 66.7 Å². The summed E-state index contributed by atoms with van der Waals surface area (Å²) in [5.41, 5.74) is 3.53. The van der Waals surface area contributed by atoms with Crippen LogP contribution in [0.5, 0.6) is 5.75 Å². The Hall–Kier alpha value is -5.62. The molecule has 0 spiro atoms. The third-order valence-electron chi connectivity index (χ3n) is 10.6. The lowest BCUT2D eigenvalue weighted by atomic mass is 10.0. The van der Waals surface area contributed by atoms with Gasteiger partial charge < -0.3 is 24.3 Å².